The second kappa shape index (κ2) is 2.44. The number of carbonyl (C=O) groups excluding carboxylic acids is 1. The monoisotopic (exact) mass is 161 g/mol. The molecule has 0 aromatic heterocycles. The van der Waals surface area contributed by atoms with E-state index in [0.29, 0.717) is 12.0 Å². The first-order valence-electron chi connectivity index (χ1n) is 3.67. The molecule has 1 amide bonds. The lowest BCUT2D eigenvalue weighted by molar-refractivity contribution is 0.0998. The van der Waals surface area contributed by atoms with Crippen LogP contribution in [-0.2, 0) is 6.42 Å². The fourth-order valence-electron chi connectivity index (χ4n) is 1.30. The van der Waals surface area contributed by atoms with Crippen molar-refractivity contribution in [3.8, 4) is 5.75 Å². The Labute approximate surface area is 69.4 Å². The van der Waals surface area contributed by atoms with Crippen LogP contribution in [0.25, 0.3) is 0 Å². The Balaban J connectivity index is 2.66. The van der Waals surface area contributed by atoms with E-state index in [4.69, 9.17) is 0 Å². The van der Waals surface area contributed by atoms with Gasteiger partial charge in [0, 0.05) is 12.6 Å². The van der Waals surface area contributed by atoms with Gasteiger partial charge in [-0.1, -0.05) is 12.1 Å². The molecule has 0 spiro atoms. The van der Waals surface area contributed by atoms with Crippen LogP contribution in [-0.4, -0.2) is 17.2 Å². The molecule has 12 heavy (non-hydrogen) atoms. The predicted molar refractivity (Wildman–Crippen MR) is 44.6 cm³/mol. The zero-order valence-corrected chi connectivity index (χ0v) is 6.32. The van der Waals surface area contributed by atoms with Crippen molar-refractivity contribution in [1.29, 1.82) is 0 Å². The number of aromatic hydroxyl groups is 1. The Morgan fingerprint density at radius 2 is 2.25 bits per heavy atom. The van der Waals surface area contributed by atoms with Crippen LogP contribution in [0.3, 0.4) is 0 Å². The summed E-state index contributed by atoms with van der Waals surface area (Å²) in [6, 6.07) is 5.04. The van der Waals surface area contributed by atoms with Crippen molar-refractivity contribution < 1.29 is 9.90 Å². The highest BCUT2D eigenvalue weighted by molar-refractivity contribution is 6.05. The van der Waals surface area contributed by atoms with Crippen LogP contribution in [0.5, 0.6) is 5.75 Å². The molecule has 1 aliphatic rings. The predicted octanol–water partition coefficient (Wildman–Crippen LogP) is 1.16. The zero-order chi connectivity index (χ0) is 8.55. The van der Waals surface area contributed by atoms with Crippen LogP contribution in [0.15, 0.2) is 23.2 Å². The number of benzene rings is 1. The molecule has 1 heterocycles. The Hall–Kier alpha value is -1.64. The molecule has 0 aliphatic carbocycles. The van der Waals surface area contributed by atoms with Gasteiger partial charge in [-0.05, 0) is 11.6 Å². The van der Waals surface area contributed by atoms with Crippen molar-refractivity contribution in [2.45, 2.75) is 6.42 Å². The minimum Gasteiger partial charge on any atom is -0.507 e. The average molecular weight is 161 g/mol. The number of hydrogen-bond acceptors (Lipinski definition) is 2. The topological polar surface area (TPSA) is 49.7 Å². The number of nitrogens with zero attached hydrogens (tertiary/aromatic N) is 1. The maximum absolute atomic E-state index is 11.1. The Morgan fingerprint density at radius 3 is 3.00 bits per heavy atom. The molecular formula is C9H7NO2. The van der Waals surface area contributed by atoms with E-state index in [1.54, 1.807) is 12.3 Å². The van der Waals surface area contributed by atoms with E-state index >= 15 is 0 Å². The first kappa shape index (κ1) is 7.03. The average Bonchev–Trinajstić information content (AvgIpc) is 2.04. The first-order chi connectivity index (χ1) is 5.79. The van der Waals surface area contributed by atoms with Gasteiger partial charge >= 0.3 is 0 Å². The summed E-state index contributed by atoms with van der Waals surface area (Å²) in [5.41, 5.74) is 1.19. The molecule has 1 aliphatic heterocycles. The van der Waals surface area contributed by atoms with Crippen molar-refractivity contribution in [2.24, 2.45) is 4.99 Å². The van der Waals surface area contributed by atoms with Crippen molar-refractivity contribution in [1.82, 2.24) is 0 Å². The molecule has 2 rings (SSSR count). The Morgan fingerprint density at radius 1 is 1.42 bits per heavy atom. The van der Waals surface area contributed by atoms with Crippen LogP contribution in [0.1, 0.15) is 15.9 Å². The van der Waals surface area contributed by atoms with Gasteiger partial charge in [-0.3, -0.25) is 4.79 Å². The third-order valence-corrected chi connectivity index (χ3v) is 1.86. The van der Waals surface area contributed by atoms with Crippen molar-refractivity contribution in [3.63, 3.8) is 0 Å². The van der Waals surface area contributed by atoms with Gasteiger partial charge in [0.25, 0.3) is 5.91 Å². The van der Waals surface area contributed by atoms with Crippen LogP contribution in [0.4, 0.5) is 0 Å². The number of hydrogen-bond donors (Lipinski definition) is 1. The van der Waals surface area contributed by atoms with Gasteiger partial charge in [0.1, 0.15) is 5.75 Å². The van der Waals surface area contributed by atoms with Crippen molar-refractivity contribution in [3.05, 3.63) is 29.3 Å². The fraction of sp³-hybridized carbons (Fsp3) is 0.111. The lowest BCUT2D eigenvalue weighted by Crippen LogP contribution is -2.08. The summed E-state index contributed by atoms with van der Waals surface area (Å²) >= 11 is 0. The van der Waals surface area contributed by atoms with Crippen LogP contribution in [0, 0.1) is 0 Å². The third kappa shape index (κ3) is 0.906. The van der Waals surface area contributed by atoms with E-state index in [1.165, 1.54) is 6.07 Å². The van der Waals surface area contributed by atoms with Gasteiger partial charge in [0.15, 0.2) is 0 Å². The molecule has 3 heteroatoms. The highest BCUT2D eigenvalue weighted by atomic mass is 16.3. The van der Waals surface area contributed by atoms with Crippen molar-refractivity contribution >= 4 is 12.1 Å². The molecule has 3 nitrogen and oxygen atoms in total. The molecule has 0 bridgehead atoms. The fourth-order valence-corrected chi connectivity index (χ4v) is 1.30. The van der Waals surface area contributed by atoms with Crippen molar-refractivity contribution in [2.75, 3.05) is 0 Å². The number of amides is 1. The molecule has 0 fully saturated rings. The minimum absolute atomic E-state index is 0.0225. The zero-order valence-electron chi connectivity index (χ0n) is 6.32. The second-order valence-corrected chi connectivity index (χ2v) is 2.63. The van der Waals surface area contributed by atoms with E-state index < -0.39 is 0 Å². The molecule has 1 aromatic rings. The quantitative estimate of drug-likeness (QED) is 0.620. The van der Waals surface area contributed by atoms with Gasteiger partial charge in [-0.25, -0.2) is 4.99 Å². The van der Waals surface area contributed by atoms with E-state index in [2.05, 4.69) is 4.99 Å². The summed E-state index contributed by atoms with van der Waals surface area (Å²) in [4.78, 5) is 14.8. The number of fused-ring (bicyclic) bond motifs is 1. The maximum Gasteiger partial charge on any atom is 0.280 e. The highest BCUT2D eigenvalue weighted by Gasteiger charge is 2.17. The summed E-state index contributed by atoms with van der Waals surface area (Å²) in [5, 5.41) is 9.33. The molecule has 0 radical (unpaired) electrons. The molecular weight excluding hydrogens is 154 g/mol. The van der Waals surface area contributed by atoms with E-state index in [9.17, 15) is 9.90 Å². The van der Waals surface area contributed by atoms with E-state index in [0.717, 1.165) is 5.56 Å². The van der Waals surface area contributed by atoms with Crippen LogP contribution >= 0.6 is 0 Å². The molecule has 0 saturated heterocycles. The number of rotatable bonds is 0. The molecule has 60 valence electrons. The lowest BCUT2D eigenvalue weighted by atomic mass is 10.0. The summed E-state index contributed by atoms with van der Waals surface area (Å²) in [7, 11) is 0. The molecule has 1 N–H and O–H groups in total. The number of phenolic OH excluding ortho intramolecular Hbond substituents is 1. The SMILES string of the molecule is O=C1N=CCc2cccc(O)c21. The normalized spacial score (nSPS) is 14.5. The Bertz CT molecular complexity index is 369. The van der Waals surface area contributed by atoms with E-state index in [1.807, 2.05) is 6.07 Å². The third-order valence-electron chi connectivity index (χ3n) is 1.86. The molecule has 0 saturated carbocycles. The summed E-state index contributed by atoms with van der Waals surface area (Å²) in [6.45, 7) is 0. The van der Waals surface area contributed by atoms with Gasteiger partial charge in [0.2, 0.25) is 0 Å². The smallest absolute Gasteiger partial charge is 0.280 e. The van der Waals surface area contributed by atoms with E-state index in [-0.39, 0.29) is 11.7 Å². The van der Waals surface area contributed by atoms with Gasteiger partial charge in [0.05, 0.1) is 5.56 Å². The highest BCUT2D eigenvalue weighted by Crippen LogP contribution is 2.23. The van der Waals surface area contributed by atoms with Crippen LogP contribution < -0.4 is 0 Å². The number of phenols is 1. The largest absolute Gasteiger partial charge is 0.507 e. The first-order valence-corrected chi connectivity index (χ1v) is 3.67. The summed E-state index contributed by atoms with van der Waals surface area (Å²) < 4.78 is 0. The maximum atomic E-state index is 11.1. The second-order valence-electron chi connectivity index (χ2n) is 2.63. The number of carbonyl (C=O) groups is 1. The van der Waals surface area contributed by atoms with Crippen LogP contribution in [0.2, 0.25) is 0 Å². The van der Waals surface area contributed by atoms with Gasteiger partial charge in [-0.2, -0.15) is 0 Å². The Kier molecular flexibility index (Phi) is 1.43. The standard InChI is InChI=1S/C9H7NO2/c11-7-3-1-2-6-4-5-10-9(12)8(6)7/h1-3,5,11H,4H2. The molecule has 1 aromatic carbocycles. The van der Waals surface area contributed by atoms with Gasteiger partial charge < -0.3 is 5.11 Å². The molecule has 0 unspecified atom stereocenters. The summed E-state index contributed by atoms with van der Waals surface area (Å²) in [5.74, 6) is -0.330. The minimum atomic E-state index is -0.352. The van der Waals surface area contributed by atoms with Gasteiger partial charge in [-0.15, -0.1) is 0 Å². The number of aliphatic imine (C=N–C) groups is 1. The lowest BCUT2D eigenvalue weighted by Gasteiger charge is -2.09. The molecule has 0 atom stereocenters. The summed E-state index contributed by atoms with van der Waals surface area (Å²) in [6.07, 6.45) is 2.18.